The van der Waals surface area contributed by atoms with E-state index in [-0.39, 0.29) is 0 Å². The summed E-state index contributed by atoms with van der Waals surface area (Å²) in [4.78, 5) is 11.3. The molecule has 0 aliphatic heterocycles. The van der Waals surface area contributed by atoms with Crippen LogP contribution in [0.5, 0.6) is 0 Å². The maximum atomic E-state index is 11.3. The van der Waals surface area contributed by atoms with Gasteiger partial charge in [0.2, 0.25) is 0 Å². The Hall–Kier alpha value is -2.08. The van der Waals surface area contributed by atoms with Gasteiger partial charge < -0.3 is 4.74 Å². The van der Waals surface area contributed by atoms with E-state index >= 15 is 0 Å². The third-order valence-electron chi connectivity index (χ3n) is 2.34. The van der Waals surface area contributed by atoms with E-state index < -0.39 is 5.97 Å². The lowest BCUT2D eigenvalue weighted by atomic mass is 10.0. The van der Waals surface area contributed by atoms with Gasteiger partial charge in [0, 0.05) is 6.08 Å². The maximum Gasteiger partial charge on any atom is 0.332 e. The number of aryl methyl sites for hydroxylation is 1. The van der Waals surface area contributed by atoms with Gasteiger partial charge in [-0.15, -0.1) is 0 Å². The number of ether oxygens (including phenoxy) is 1. The van der Waals surface area contributed by atoms with E-state index in [1.54, 1.807) is 6.92 Å². The quantitative estimate of drug-likeness (QED) is 0.453. The van der Waals surface area contributed by atoms with E-state index in [4.69, 9.17) is 10.00 Å². The molecule has 1 aromatic carbocycles. The van der Waals surface area contributed by atoms with Gasteiger partial charge in [0.1, 0.15) is 6.07 Å². The molecule has 0 N–H and O–H groups in total. The molecule has 0 saturated carbocycles. The van der Waals surface area contributed by atoms with Gasteiger partial charge in [0.15, 0.2) is 0 Å². The molecule has 1 rings (SSSR count). The van der Waals surface area contributed by atoms with Crippen molar-refractivity contribution in [3.63, 3.8) is 0 Å². The lowest BCUT2D eigenvalue weighted by Gasteiger charge is -2.01. The Labute approximate surface area is 101 Å². The van der Waals surface area contributed by atoms with Crippen LogP contribution in [-0.2, 0) is 16.0 Å². The van der Waals surface area contributed by atoms with Crippen LogP contribution in [-0.4, -0.2) is 12.6 Å². The van der Waals surface area contributed by atoms with E-state index in [0.29, 0.717) is 12.2 Å². The minimum Gasteiger partial charge on any atom is -0.463 e. The summed E-state index contributed by atoms with van der Waals surface area (Å²) in [6.07, 6.45) is 2.17. The van der Waals surface area contributed by atoms with Crippen LogP contribution < -0.4 is 0 Å². The Kier molecular flexibility index (Phi) is 4.96. The molecule has 0 amide bonds. The van der Waals surface area contributed by atoms with E-state index in [1.807, 2.05) is 30.3 Å². The molecule has 0 bridgehead atoms. The Balaban J connectivity index is 2.94. The minimum absolute atomic E-state index is 0.308. The van der Waals surface area contributed by atoms with Gasteiger partial charge >= 0.3 is 5.97 Å². The third-order valence-corrected chi connectivity index (χ3v) is 2.34. The van der Waals surface area contributed by atoms with Crippen LogP contribution in [0.2, 0.25) is 0 Å². The summed E-state index contributed by atoms with van der Waals surface area (Å²) in [7, 11) is 0. The maximum absolute atomic E-state index is 11.3. The smallest absolute Gasteiger partial charge is 0.332 e. The predicted octanol–water partition coefficient (Wildman–Crippen LogP) is 2.72. The standard InChI is InChI=1S/C14H15NO2/c1-3-11-5-7-12(8-6-11)13(10-15)9-14(16)17-4-2/h5-9H,3-4H2,1-2H3. The fraction of sp³-hybridized carbons (Fsp3) is 0.286. The fourth-order valence-electron chi connectivity index (χ4n) is 1.40. The van der Waals surface area contributed by atoms with Crippen molar-refractivity contribution in [2.24, 2.45) is 0 Å². The lowest BCUT2D eigenvalue weighted by molar-refractivity contribution is -0.137. The number of esters is 1. The zero-order valence-corrected chi connectivity index (χ0v) is 10.1. The van der Waals surface area contributed by atoms with Crippen molar-refractivity contribution in [3.8, 4) is 6.07 Å². The highest BCUT2D eigenvalue weighted by Gasteiger charge is 2.04. The average Bonchev–Trinajstić information content (AvgIpc) is 2.36. The molecule has 0 radical (unpaired) electrons. The predicted molar refractivity (Wildman–Crippen MR) is 66.0 cm³/mol. The topological polar surface area (TPSA) is 50.1 Å². The highest BCUT2D eigenvalue weighted by Crippen LogP contribution is 2.15. The first kappa shape index (κ1) is 13.0. The van der Waals surface area contributed by atoms with Crippen LogP contribution in [0.15, 0.2) is 30.3 Å². The zero-order valence-electron chi connectivity index (χ0n) is 10.1. The van der Waals surface area contributed by atoms with Crippen molar-refractivity contribution in [2.75, 3.05) is 6.61 Å². The van der Waals surface area contributed by atoms with Crippen molar-refractivity contribution in [1.29, 1.82) is 5.26 Å². The van der Waals surface area contributed by atoms with Crippen molar-refractivity contribution in [1.82, 2.24) is 0 Å². The van der Waals surface area contributed by atoms with Crippen molar-refractivity contribution < 1.29 is 9.53 Å². The number of carbonyl (C=O) groups excluding carboxylic acids is 1. The van der Waals surface area contributed by atoms with Crippen molar-refractivity contribution in [2.45, 2.75) is 20.3 Å². The van der Waals surface area contributed by atoms with Gasteiger partial charge in [0.25, 0.3) is 0 Å². The highest BCUT2D eigenvalue weighted by atomic mass is 16.5. The van der Waals surface area contributed by atoms with Gasteiger partial charge in [-0.25, -0.2) is 4.79 Å². The highest BCUT2D eigenvalue weighted by molar-refractivity contribution is 5.95. The number of allylic oxidation sites excluding steroid dienone is 1. The Bertz CT molecular complexity index is 452. The molecule has 0 saturated heterocycles. The van der Waals surface area contributed by atoms with E-state index in [2.05, 4.69) is 6.92 Å². The van der Waals surface area contributed by atoms with E-state index in [0.717, 1.165) is 12.0 Å². The fourth-order valence-corrected chi connectivity index (χ4v) is 1.40. The van der Waals surface area contributed by atoms with Crippen LogP contribution in [0.1, 0.15) is 25.0 Å². The van der Waals surface area contributed by atoms with Crippen LogP contribution in [0, 0.1) is 11.3 Å². The van der Waals surface area contributed by atoms with Gasteiger partial charge in [-0.1, -0.05) is 31.2 Å². The molecule has 0 aliphatic rings. The summed E-state index contributed by atoms with van der Waals surface area (Å²) in [6, 6.07) is 9.59. The van der Waals surface area contributed by atoms with Crippen molar-refractivity contribution in [3.05, 3.63) is 41.5 Å². The monoisotopic (exact) mass is 229 g/mol. The first-order valence-electron chi connectivity index (χ1n) is 5.59. The number of hydrogen-bond donors (Lipinski definition) is 0. The van der Waals surface area contributed by atoms with Gasteiger partial charge in [0.05, 0.1) is 12.2 Å². The largest absolute Gasteiger partial charge is 0.463 e. The molecule has 88 valence electrons. The minimum atomic E-state index is -0.483. The summed E-state index contributed by atoms with van der Waals surface area (Å²) in [5.41, 5.74) is 2.26. The molecule has 0 aromatic heterocycles. The average molecular weight is 229 g/mol. The van der Waals surface area contributed by atoms with Crippen molar-refractivity contribution >= 4 is 11.5 Å². The molecule has 0 fully saturated rings. The Morgan fingerprint density at radius 1 is 1.35 bits per heavy atom. The molecule has 0 atom stereocenters. The van der Waals surface area contributed by atoms with Crippen LogP contribution >= 0.6 is 0 Å². The number of hydrogen-bond acceptors (Lipinski definition) is 3. The van der Waals surface area contributed by atoms with Crippen LogP contribution in [0.3, 0.4) is 0 Å². The molecule has 3 heteroatoms. The SMILES string of the molecule is CCOC(=O)C=C(C#N)c1ccc(CC)cc1. The third kappa shape index (κ3) is 3.76. The second-order valence-corrected chi connectivity index (χ2v) is 3.47. The second kappa shape index (κ2) is 6.49. The molecule has 0 unspecified atom stereocenters. The first-order valence-corrected chi connectivity index (χ1v) is 5.59. The van der Waals surface area contributed by atoms with E-state index in [1.165, 1.54) is 11.6 Å². The summed E-state index contributed by atoms with van der Waals surface area (Å²) in [6.45, 7) is 4.10. The molecule has 0 heterocycles. The molecule has 0 spiro atoms. The molecular weight excluding hydrogens is 214 g/mol. The second-order valence-electron chi connectivity index (χ2n) is 3.47. The number of benzene rings is 1. The Morgan fingerprint density at radius 3 is 2.47 bits per heavy atom. The molecule has 1 aromatic rings. The number of nitrogens with zero attached hydrogens (tertiary/aromatic N) is 1. The van der Waals surface area contributed by atoms with Crippen LogP contribution in [0.4, 0.5) is 0 Å². The van der Waals surface area contributed by atoms with Gasteiger partial charge in [-0.05, 0) is 24.5 Å². The zero-order chi connectivity index (χ0) is 12.7. The Morgan fingerprint density at radius 2 is 2.00 bits per heavy atom. The van der Waals surface area contributed by atoms with E-state index in [9.17, 15) is 4.79 Å². The number of carbonyl (C=O) groups is 1. The van der Waals surface area contributed by atoms with Gasteiger partial charge in [-0.3, -0.25) is 0 Å². The van der Waals surface area contributed by atoms with Crippen LogP contribution in [0.25, 0.3) is 5.57 Å². The molecular formula is C14H15NO2. The molecule has 0 aliphatic carbocycles. The summed E-state index contributed by atoms with van der Waals surface area (Å²) in [5.74, 6) is -0.483. The number of rotatable bonds is 4. The number of nitriles is 1. The molecule has 3 nitrogen and oxygen atoms in total. The normalized spacial score (nSPS) is 10.8. The summed E-state index contributed by atoms with van der Waals surface area (Å²) < 4.78 is 4.77. The lowest BCUT2D eigenvalue weighted by Crippen LogP contribution is -2.00. The first-order chi connectivity index (χ1) is 8.21. The summed E-state index contributed by atoms with van der Waals surface area (Å²) >= 11 is 0. The summed E-state index contributed by atoms with van der Waals surface area (Å²) in [5, 5.41) is 9.00. The van der Waals surface area contributed by atoms with Gasteiger partial charge in [-0.2, -0.15) is 5.26 Å². The molecule has 17 heavy (non-hydrogen) atoms.